The zero-order valence-electron chi connectivity index (χ0n) is 13.8. The molecule has 1 N–H and O–H groups in total. The normalized spacial score (nSPS) is 18.4. The first-order valence-electron chi connectivity index (χ1n) is 7.71. The lowest BCUT2D eigenvalue weighted by molar-refractivity contribution is -0.126. The highest BCUT2D eigenvalue weighted by Crippen LogP contribution is 2.26. The second-order valence-corrected chi connectivity index (χ2v) is 7.89. The van der Waals surface area contributed by atoms with Gasteiger partial charge in [0.1, 0.15) is 5.75 Å². The third-order valence-corrected chi connectivity index (χ3v) is 5.56. The summed E-state index contributed by atoms with van der Waals surface area (Å²) in [6, 6.07) is 7.42. The van der Waals surface area contributed by atoms with Gasteiger partial charge in [0.2, 0.25) is 15.9 Å². The second-order valence-electron chi connectivity index (χ2n) is 5.91. The predicted molar refractivity (Wildman–Crippen MR) is 88.7 cm³/mol. The van der Waals surface area contributed by atoms with Gasteiger partial charge in [0, 0.05) is 24.6 Å². The first kappa shape index (κ1) is 17.7. The Kier molecular flexibility index (Phi) is 5.64. The quantitative estimate of drug-likeness (QED) is 0.882. The number of methoxy groups -OCH3 is 1. The van der Waals surface area contributed by atoms with E-state index in [0.717, 1.165) is 11.3 Å². The van der Waals surface area contributed by atoms with Crippen LogP contribution in [0, 0.1) is 5.92 Å². The molecule has 7 heteroatoms. The topological polar surface area (TPSA) is 75.7 Å². The number of ether oxygens (including phenoxy) is 1. The van der Waals surface area contributed by atoms with Crippen LogP contribution < -0.4 is 10.1 Å². The van der Waals surface area contributed by atoms with Crippen LogP contribution in [0.2, 0.25) is 0 Å². The van der Waals surface area contributed by atoms with E-state index >= 15 is 0 Å². The molecule has 0 unspecified atom stereocenters. The van der Waals surface area contributed by atoms with Crippen LogP contribution in [0.1, 0.15) is 31.4 Å². The van der Waals surface area contributed by atoms with Gasteiger partial charge in [0.05, 0.1) is 19.4 Å². The number of piperidine rings is 1. The summed E-state index contributed by atoms with van der Waals surface area (Å²) in [5, 5.41) is 3.01. The van der Waals surface area contributed by atoms with E-state index in [1.54, 1.807) is 7.11 Å². The van der Waals surface area contributed by atoms with Gasteiger partial charge in [-0.3, -0.25) is 4.79 Å². The molecule has 1 atom stereocenters. The number of carbonyl (C=O) groups excluding carboxylic acids is 1. The Morgan fingerprint density at radius 1 is 1.30 bits per heavy atom. The number of nitrogens with zero attached hydrogens (tertiary/aromatic N) is 1. The largest absolute Gasteiger partial charge is 0.496 e. The molecule has 0 spiro atoms. The molecule has 1 aliphatic heterocycles. The average molecular weight is 340 g/mol. The predicted octanol–water partition coefficient (Wildman–Crippen LogP) is 1.54. The zero-order chi connectivity index (χ0) is 17.0. The number of hydrogen-bond donors (Lipinski definition) is 1. The number of carbonyl (C=O) groups is 1. The van der Waals surface area contributed by atoms with Crippen LogP contribution in [-0.2, 0) is 14.8 Å². The van der Waals surface area contributed by atoms with Gasteiger partial charge in [0.15, 0.2) is 0 Å². The molecule has 0 aromatic heterocycles. The zero-order valence-corrected chi connectivity index (χ0v) is 14.6. The molecule has 0 bridgehead atoms. The molecule has 1 fully saturated rings. The molecular formula is C16H24N2O4S. The summed E-state index contributed by atoms with van der Waals surface area (Å²) >= 11 is 0. The lowest BCUT2D eigenvalue weighted by Crippen LogP contribution is -2.43. The van der Waals surface area contributed by atoms with Crippen molar-refractivity contribution in [1.82, 2.24) is 9.62 Å². The lowest BCUT2D eigenvalue weighted by atomic mass is 9.96. The highest BCUT2D eigenvalue weighted by atomic mass is 32.2. The van der Waals surface area contributed by atoms with Crippen LogP contribution in [0.5, 0.6) is 5.75 Å². The van der Waals surface area contributed by atoms with Crippen LogP contribution in [0.15, 0.2) is 24.3 Å². The van der Waals surface area contributed by atoms with Gasteiger partial charge in [-0.1, -0.05) is 18.2 Å². The van der Waals surface area contributed by atoms with Gasteiger partial charge in [0.25, 0.3) is 0 Å². The monoisotopic (exact) mass is 340 g/mol. The first-order chi connectivity index (χ1) is 10.8. The summed E-state index contributed by atoms with van der Waals surface area (Å²) in [5.74, 6) is 0.564. The molecule has 1 saturated heterocycles. The fraction of sp³-hybridized carbons (Fsp3) is 0.562. The summed E-state index contributed by atoms with van der Waals surface area (Å²) < 4.78 is 29.8. The van der Waals surface area contributed by atoms with Crippen molar-refractivity contribution in [2.75, 3.05) is 26.5 Å². The van der Waals surface area contributed by atoms with Gasteiger partial charge < -0.3 is 10.1 Å². The number of para-hydroxylation sites is 1. The minimum Gasteiger partial charge on any atom is -0.496 e. The van der Waals surface area contributed by atoms with Crippen LogP contribution >= 0.6 is 0 Å². The molecular weight excluding hydrogens is 316 g/mol. The van der Waals surface area contributed by atoms with E-state index in [4.69, 9.17) is 4.74 Å². The number of nitrogens with one attached hydrogen (secondary N) is 1. The van der Waals surface area contributed by atoms with Crippen molar-refractivity contribution in [2.24, 2.45) is 5.92 Å². The third-order valence-electron chi connectivity index (χ3n) is 4.26. The summed E-state index contributed by atoms with van der Waals surface area (Å²) in [6.07, 6.45) is 2.31. The maximum atomic E-state index is 12.4. The van der Waals surface area contributed by atoms with E-state index in [1.165, 1.54) is 10.6 Å². The number of rotatable bonds is 5. The highest BCUT2D eigenvalue weighted by Gasteiger charge is 2.29. The second kappa shape index (κ2) is 7.31. The average Bonchev–Trinajstić information content (AvgIpc) is 2.54. The molecule has 1 aromatic rings. The van der Waals surface area contributed by atoms with Gasteiger partial charge in [-0.25, -0.2) is 12.7 Å². The van der Waals surface area contributed by atoms with Crippen LogP contribution in [0.25, 0.3) is 0 Å². The Morgan fingerprint density at radius 2 is 1.91 bits per heavy atom. The summed E-state index contributed by atoms with van der Waals surface area (Å²) in [5.41, 5.74) is 0.928. The van der Waals surface area contributed by atoms with Crippen molar-refractivity contribution >= 4 is 15.9 Å². The molecule has 2 rings (SSSR count). The molecule has 23 heavy (non-hydrogen) atoms. The molecule has 0 saturated carbocycles. The van der Waals surface area contributed by atoms with Crippen molar-refractivity contribution in [2.45, 2.75) is 25.8 Å². The fourth-order valence-corrected chi connectivity index (χ4v) is 3.76. The van der Waals surface area contributed by atoms with E-state index in [0.29, 0.717) is 25.9 Å². The number of amides is 1. The summed E-state index contributed by atoms with van der Waals surface area (Å²) in [6.45, 7) is 2.72. The fourth-order valence-electron chi connectivity index (χ4n) is 2.88. The molecule has 1 heterocycles. The molecule has 1 aromatic carbocycles. The van der Waals surface area contributed by atoms with Crippen molar-refractivity contribution in [3.63, 3.8) is 0 Å². The molecule has 1 aliphatic rings. The summed E-state index contributed by atoms with van der Waals surface area (Å²) in [4.78, 5) is 12.4. The molecule has 0 aliphatic carbocycles. The smallest absolute Gasteiger partial charge is 0.223 e. The number of sulfonamides is 1. The van der Waals surface area contributed by atoms with Crippen LogP contribution in [-0.4, -0.2) is 45.1 Å². The van der Waals surface area contributed by atoms with E-state index in [1.807, 2.05) is 31.2 Å². The Hall–Kier alpha value is -1.60. The molecule has 1 amide bonds. The number of benzene rings is 1. The van der Waals surface area contributed by atoms with E-state index in [2.05, 4.69) is 5.32 Å². The minimum atomic E-state index is -3.16. The van der Waals surface area contributed by atoms with Gasteiger partial charge >= 0.3 is 0 Å². The Labute approximate surface area is 137 Å². The number of hydrogen-bond acceptors (Lipinski definition) is 4. The Bertz CT molecular complexity index is 652. The van der Waals surface area contributed by atoms with Gasteiger partial charge in [-0.2, -0.15) is 0 Å². The van der Waals surface area contributed by atoms with Crippen molar-refractivity contribution < 1.29 is 17.9 Å². The van der Waals surface area contributed by atoms with E-state index < -0.39 is 10.0 Å². The van der Waals surface area contributed by atoms with Crippen molar-refractivity contribution in [1.29, 1.82) is 0 Å². The first-order valence-corrected chi connectivity index (χ1v) is 9.56. The Balaban J connectivity index is 1.95. The Morgan fingerprint density at radius 3 is 2.48 bits per heavy atom. The molecule has 0 radical (unpaired) electrons. The van der Waals surface area contributed by atoms with E-state index in [-0.39, 0.29) is 17.9 Å². The SMILES string of the molecule is COc1ccccc1[C@H](C)NC(=O)C1CCN(S(C)(=O)=O)CC1. The minimum absolute atomic E-state index is 0.0310. The third kappa shape index (κ3) is 4.45. The van der Waals surface area contributed by atoms with Gasteiger partial charge in [-0.15, -0.1) is 0 Å². The van der Waals surface area contributed by atoms with Gasteiger partial charge in [-0.05, 0) is 25.8 Å². The van der Waals surface area contributed by atoms with E-state index in [9.17, 15) is 13.2 Å². The standard InChI is InChI=1S/C16H24N2O4S/c1-12(14-6-4-5-7-15(14)22-2)17-16(19)13-8-10-18(11-9-13)23(3,20)21/h4-7,12-13H,8-11H2,1-3H3,(H,17,19)/t12-/m0/s1. The molecule has 6 nitrogen and oxygen atoms in total. The summed E-state index contributed by atoms with van der Waals surface area (Å²) in [7, 11) is -1.56. The maximum Gasteiger partial charge on any atom is 0.223 e. The van der Waals surface area contributed by atoms with Crippen molar-refractivity contribution in [3.05, 3.63) is 29.8 Å². The molecule has 128 valence electrons. The maximum absolute atomic E-state index is 12.4. The van der Waals surface area contributed by atoms with Crippen LogP contribution in [0.3, 0.4) is 0 Å². The van der Waals surface area contributed by atoms with Crippen molar-refractivity contribution in [3.8, 4) is 5.75 Å². The van der Waals surface area contributed by atoms with Crippen LogP contribution in [0.4, 0.5) is 0 Å². The lowest BCUT2D eigenvalue weighted by Gasteiger charge is -2.30. The highest BCUT2D eigenvalue weighted by molar-refractivity contribution is 7.88.